The molecule has 4 nitrogen and oxygen atoms in total. The van der Waals surface area contributed by atoms with Crippen LogP contribution < -0.4 is 10.1 Å². The van der Waals surface area contributed by atoms with Gasteiger partial charge in [-0.1, -0.05) is 61.5 Å². The van der Waals surface area contributed by atoms with Gasteiger partial charge in [-0.2, -0.15) is 0 Å². The minimum atomic E-state index is -0.356. The van der Waals surface area contributed by atoms with Crippen LogP contribution in [0.25, 0.3) is 10.8 Å². The standard InChI is InChI=1S/C25H29NO3.BrH/c1-3-24(28)29-25-22-13-11-20(17-21(22)12-14-23(25)27)15-16-26-18(2)9-10-19-7-5-4-6-8-19;/h4-8,11-14,17-18,26-27H,3,9-10,15-16H2,1-2H3;1H. The lowest BCUT2D eigenvalue weighted by Crippen LogP contribution is -2.28. The zero-order chi connectivity index (χ0) is 20.6. The second kappa shape index (κ2) is 11.7. The van der Waals surface area contributed by atoms with Crippen LogP contribution in [0.1, 0.15) is 37.8 Å². The highest BCUT2D eigenvalue weighted by atomic mass is 79.9. The molecule has 160 valence electrons. The Kier molecular flexibility index (Phi) is 9.34. The molecule has 0 aromatic heterocycles. The summed E-state index contributed by atoms with van der Waals surface area (Å²) in [5, 5.41) is 15.4. The van der Waals surface area contributed by atoms with E-state index >= 15 is 0 Å². The molecule has 0 bridgehead atoms. The molecular weight excluding hydrogens is 442 g/mol. The van der Waals surface area contributed by atoms with Crippen LogP contribution in [0, 0.1) is 0 Å². The minimum absolute atomic E-state index is 0. The van der Waals surface area contributed by atoms with E-state index in [9.17, 15) is 9.90 Å². The van der Waals surface area contributed by atoms with Gasteiger partial charge in [0.05, 0.1) is 0 Å². The molecule has 1 unspecified atom stereocenters. The van der Waals surface area contributed by atoms with Gasteiger partial charge in [0, 0.05) is 17.8 Å². The summed E-state index contributed by atoms with van der Waals surface area (Å²) >= 11 is 0. The molecule has 0 aliphatic heterocycles. The quantitative estimate of drug-likeness (QED) is 0.315. The number of carbonyl (C=O) groups excluding carboxylic acids is 1. The molecule has 0 spiro atoms. The summed E-state index contributed by atoms with van der Waals surface area (Å²) in [4.78, 5) is 11.7. The first-order chi connectivity index (χ1) is 14.1. The van der Waals surface area contributed by atoms with Crippen LogP contribution in [0.15, 0.2) is 60.7 Å². The number of phenolic OH excluding ortho intramolecular Hbond substituents is 1. The molecule has 0 aliphatic carbocycles. The lowest BCUT2D eigenvalue weighted by atomic mass is 10.0. The van der Waals surface area contributed by atoms with Crippen LogP contribution >= 0.6 is 17.0 Å². The van der Waals surface area contributed by atoms with Crippen molar-refractivity contribution in [3.63, 3.8) is 0 Å². The van der Waals surface area contributed by atoms with Crippen LogP contribution in [0.4, 0.5) is 0 Å². The Morgan fingerprint density at radius 2 is 1.80 bits per heavy atom. The number of hydrogen-bond donors (Lipinski definition) is 2. The van der Waals surface area contributed by atoms with Gasteiger partial charge in [-0.05, 0) is 55.3 Å². The molecule has 0 heterocycles. The van der Waals surface area contributed by atoms with E-state index in [0.717, 1.165) is 36.6 Å². The molecule has 0 radical (unpaired) electrons. The van der Waals surface area contributed by atoms with E-state index in [1.165, 1.54) is 11.1 Å². The zero-order valence-electron chi connectivity index (χ0n) is 17.6. The van der Waals surface area contributed by atoms with Gasteiger partial charge in [0.25, 0.3) is 0 Å². The van der Waals surface area contributed by atoms with E-state index in [2.05, 4.69) is 42.6 Å². The average molecular weight is 472 g/mol. The largest absolute Gasteiger partial charge is 0.504 e. The van der Waals surface area contributed by atoms with E-state index in [0.29, 0.717) is 6.04 Å². The molecule has 3 rings (SSSR count). The number of aromatic hydroxyl groups is 1. The maximum Gasteiger partial charge on any atom is 0.311 e. The highest BCUT2D eigenvalue weighted by molar-refractivity contribution is 8.93. The van der Waals surface area contributed by atoms with Crippen LogP contribution in [0.2, 0.25) is 0 Å². The summed E-state index contributed by atoms with van der Waals surface area (Å²) in [5.74, 6) is -0.125. The molecule has 5 heteroatoms. The number of halogens is 1. The number of esters is 1. The predicted molar refractivity (Wildman–Crippen MR) is 128 cm³/mol. The van der Waals surface area contributed by atoms with Crippen LogP contribution in [-0.4, -0.2) is 23.7 Å². The zero-order valence-corrected chi connectivity index (χ0v) is 19.3. The van der Waals surface area contributed by atoms with Crippen molar-refractivity contribution < 1.29 is 14.6 Å². The number of benzene rings is 3. The van der Waals surface area contributed by atoms with E-state index in [4.69, 9.17) is 4.74 Å². The Hall–Kier alpha value is -2.37. The van der Waals surface area contributed by atoms with Gasteiger partial charge >= 0.3 is 5.97 Å². The molecule has 0 saturated carbocycles. The lowest BCUT2D eigenvalue weighted by Gasteiger charge is -2.14. The topological polar surface area (TPSA) is 58.6 Å². The molecule has 30 heavy (non-hydrogen) atoms. The third-order valence-electron chi connectivity index (χ3n) is 5.13. The van der Waals surface area contributed by atoms with Crippen molar-refractivity contribution in [1.82, 2.24) is 5.32 Å². The Morgan fingerprint density at radius 3 is 2.53 bits per heavy atom. The third-order valence-corrected chi connectivity index (χ3v) is 5.13. The highest BCUT2D eigenvalue weighted by Gasteiger charge is 2.12. The number of ether oxygens (including phenoxy) is 1. The molecule has 0 fully saturated rings. The van der Waals surface area contributed by atoms with E-state index in [1.807, 2.05) is 24.3 Å². The smallest absolute Gasteiger partial charge is 0.311 e. The fraction of sp³-hybridized carbons (Fsp3) is 0.320. The minimum Gasteiger partial charge on any atom is -0.504 e. The number of rotatable bonds is 9. The summed E-state index contributed by atoms with van der Waals surface area (Å²) in [5.41, 5.74) is 2.58. The van der Waals surface area contributed by atoms with Gasteiger partial charge < -0.3 is 15.2 Å². The van der Waals surface area contributed by atoms with Gasteiger partial charge in [0.2, 0.25) is 0 Å². The van der Waals surface area contributed by atoms with Crippen molar-refractivity contribution in [1.29, 1.82) is 0 Å². The fourth-order valence-electron chi connectivity index (χ4n) is 3.38. The van der Waals surface area contributed by atoms with E-state index < -0.39 is 0 Å². The third kappa shape index (κ3) is 6.57. The SMILES string of the molecule is Br.CCC(=O)Oc1c(O)ccc2cc(CCNC(C)CCc3ccccc3)ccc12. The van der Waals surface area contributed by atoms with Gasteiger partial charge in [-0.15, -0.1) is 17.0 Å². The molecule has 0 amide bonds. The van der Waals surface area contributed by atoms with Crippen molar-refractivity contribution in [2.45, 2.75) is 45.6 Å². The predicted octanol–water partition coefficient (Wildman–Crippen LogP) is 5.59. The number of aryl methyl sites for hydroxylation is 1. The Balaban J connectivity index is 0.00000320. The normalized spacial score (nSPS) is 11.7. The second-order valence-corrected chi connectivity index (χ2v) is 7.43. The van der Waals surface area contributed by atoms with E-state index in [-0.39, 0.29) is 40.9 Å². The number of phenols is 1. The molecule has 3 aromatic rings. The Labute approximate surface area is 189 Å². The van der Waals surface area contributed by atoms with Crippen molar-refractivity contribution in [2.75, 3.05) is 6.54 Å². The molecule has 1 atom stereocenters. The summed E-state index contributed by atoms with van der Waals surface area (Å²) < 4.78 is 5.32. The number of carbonyl (C=O) groups is 1. The molecule has 0 aliphatic rings. The van der Waals surface area contributed by atoms with Crippen molar-refractivity contribution >= 4 is 33.7 Å². The van der Waals surface area contributed by atoms with Gasteiger partial charge in [0.1, 0.15) is 0 Å². The fourth-order valence-corrected chi connectivity index (χ4v) is 3.38. The van der Waals surface area contributed by atoms with E-state index in [1.54, 1.807) is 13.0 Å². The number of nitrogens with one attached hydrogen (secondary N) is 1. The monoisotopic (exact) mass is 471 g/mol. The van der Waals surface area contributed by atoms with Crippen LogP contribution in [0.5, 0.6) is 11.5 Å². The van der Waals surface area contributed by atoms with Gasteiger partial charge in [0.15, 0.2) is 11.5 Å². The second-order valence-electron chi connectivity index (χ2n) is 7.43. The lowest BCUT2D eigenvalue weighted by molar-refractivity contribution is -0.134. The highest BCUT2D eigenvalue weighted by Crippen LogP contribution is 2.35. The van der Waals surface area contributed by atoms with Crippen LogP contribution in [-0.2, 0) is 17.6 Å². The molecule has 3 aromatic carbocycles. The van der Waals surface area contributed by atoms with Gasteiger partial charge in [-0.3, -0.25) is 4.79 Å². The van der Waals surface area contributed by atoms with Crippen molar-refractivity contribution in [3.8, 4) is 11.5 Å². The summed E-state index contributed by atoms with van der Waals surface area (Å²) in [7, 11) is 0. The summed E-state index contributed by atoms with van der Waals surface area (Å²) in [6, 6.07) is 20.5. The molecule has 2 N–H and O–H groups in total. The first-order valence-electron chi connectivity index (χ1n) is 10.3. The summed E-state index contributed by atoms with van der Waals surface area (Å²) in [6.07, 6.45) is 3.36. The molecular formula is C25H30BrNO3. The first-order valence-corrected chi connectivity index (χ1v) is 10.3. The van der Waals surface area contributed by atoms with Crippen molar-refractivity contribution in [3.05, 3.63) is 71.8 Å². The molecule has 0 saturated heterocycles. The Morgan fingerprint density at radius 1 is 1.03 bits per heavy atom. The number of fused-ring (bicyclic) bond motifs is 1. The summed E-state index contributed by atoms with van der Waals surface area (Å²) in [6.45, 7) is 4.86. The number of hydrogen-bond acceptors (Lipinski definition) is 4. The first kappa shape index (κ1) is 23.9. The average Bonchev–Trinajstić information content (AvgIpc) is 2.75. The van der Waals surface area contributed by atoms with Gasteiger partial charge in [-0.25, -0.2) is 0 Å². The maximum atomic E-state index is 11.7. The van der Waals surface area contributed by atoms with Crippen LogP contribution in [0.3, 0.4) is 0 Å². The van der Waals surface area contributed by atoms with Crippen molar-refractivity contribution in [2.24, 2.45) is 0 Å². The Bertz CT molecular complexity index is 959. The maximum absolute atomic E-state index is 11.7.